The smallest absolute Gasteiger partial charge is 0.245 e. The first-order valence-corrected chi connectivity index (χ1v) is 8.80. The molecule has 1 atom stereocenters. The molecule has 0 radical (unpaired) electrons. The van der Waals surface area contributed by atoms with Crippen LogP contribution in [0, 0.1) is 5.92 Å². The van der Waals surface area contributed by atoms with E-state index in [1.807, 2.05) is 62.4 Å². The van der Waals surface area contributed by atoms with Crippen molar-refractivity contribution in [3.8, 4) is 0 Å². The van der Waals surface area contributed by atoms with Crippen molar-refractivity contribution in [2.24, 2.45) is 11.0 Å². The number of hydrazone groups is 1. The summed E-state index contributed by atoms with van der Waals surface area (Å²) in [5.74, 6) is -0.0863. The van der Waals surface area contributed by atoms with E-state index in [2.05, 4.69) is 15.1 Å². The normalized spacial score (nSPS) is 17.0. The molecule has 0 aliphatic carbocycles. The number of carbonyl (C=O) groups excluding carboxylic acids is 1. The second-order valence-electron chi connectivity index (χ2n) is 6.77. The lowest BCUT2D eigenvalue weighted by molar-refractivity contribution is -0.136. The van der Waals surface area contributed by atoms with Gasteiger partial charge in [0.15, 0.2) is 0 Å². The van der Waals surface area contributed by atoms with Crippen LogP contribution in [0.25, 0.3) is 11.0 Å². The van der Waals surface area contributed by atoms with Crippen LogP contribution in [0.3, 0.4) is 0 Å². The fourth-order valence-corrected chi connectivity index (χ4v) is 3.23. The van der Waals surface area contributed by atoms with Crippen molar-refractivity contribution in [3.05, 3.63) is 72.1 Å². The van der Waals surface area contributed by atoms with E-state index < -0.39 is 0 Å². The summed E-state index contributed by atoms with van der Waals surface area (Å²) < 4.78 is 0. The molecule has 2 heterocycles. The topological polar surface area (TPSA) is 58.5 Å². The van der Waals surface area contributed by atoms with Crippen LogP contribution in [0.1, 0.15) is 37.4 Å². The molecule has 1 aliphatic rings. The fourth-order valence-electron chi connectivity index (χ4n) is 3.23. The summed E-state index contributed by atoms with van der Waals surface area (Å²) in [6, 6.07) is 15.9. The second kappa shape index (κ2) is 6.67. The number of nitrogens with zero attached hydrogens (tertiary/aromatic N) is 4. The third-order valence-corrected chi connectivity index (χ3v) is 4.62. The summed E-state index contributed by atoms with van der Waals surface area (Å²) in [6.45, 7) is 3.81. The number of hydrogen-bond acceptors (Lipinski definition) is 4. The molecule has 0 bridgehead atoms. The molecule has 5 heteroatoms. The number of amides is 1. The highest BCUT2D eigenvalue weighted by Crippen LogP contribution is 2.34. The molecule has 5 nitrogen and oxygen atoms in total. The van der Waals surface area contributed by atoms with Crippen LogP contribution < -0.4 is 0 Å². The summed E-state index contributed by atoms with van der Waals surface area (Å²) in [4.78, 5) is 21.5. The number of aromatic nitrogens is 2. The van der Waals surface area contributed by atoms with E-state index in [1.54, 1.807) is 17.4 Å². The third kappa shape index (κ3) is 2.96. The van der Waals surface area contributed by atoms with Crippen molar-refractivity contribution < 1.29 is 4.79 Å². The van der Waals surface area contributed by atoms with Crippen LogP contribution in [0.15, 0.2) is 66.0 Å². The number of carbonyl (C=O) groups is 1. The van der Waals surface area contributed by atoms with Gasteiger partial charge in [-0.1, -0.05) is 50.2 Å². The van der Waals surface area contributed by atoms with Crippen molar-refractivity contribution in [2.45, 2.75) is 26.3 Å². The highest BCUT2D eigenvalue weighted by molar-refractivity contribution is 6.03. The third-order valence-electron chi connectivity index (χ3n) is 4.62. The van der Waals surface area contributed by atoms with Gasteiger partial charge in [-0.2, -0.15) is 5.10 Å². The first-order chi connectivity index (χ1) is 12.6. The molecule has 1 unspecified atom stereocenters. The maximum atomic E-state index is 12.8. The van der Waals surface area contributed by atoms with Gasteiger partial charge in [0.05, 0.1) is 22.8 Å². The van der Waals surface area contributed by atoms with E-state index in [4.69, 9.17) is 0 Å². The minimum atomic E-state index is -0.119. The van der Waals surface area contributed by atoms with E-state index >= 15 is 0 Å². The van der Waals surface area contributed by atoms with Crippen LogP contribution in [-0.2, 0) is 4.79 Å². The molecular formula is C21H20N4O. The monoisotopic (exact) mass is 344 g/mol. The minimum absolute atomic E-state index is 0.0279. The molecule has 0 saturated carbocycles. The Morgan fingerprint density at radius 1 is 1.04 bits per heavy atom. The van der Waals surface area contributed by atoms with Gasteiger partial charge in [-0.25, -0.2) is 5.01 Å². The Hall–Kier alpha value is -3.08. The number of rotatable bonds is 3. The first-order valence-electron chi connectivity index (χ1n) is 8.80. The molecule has 1 amide bonds. The van der Waals surface area contributed by atoms with Crippen molar-refractivity contribution in [1.29, 1.82) is 0 Å². The minimum Gasteiger partial charge on any atom is -0.273 e. The molecule has 1 aromatic heterocycles. The predicted octanol–water partition coefficient (Wildman–Crippen LogP) is 3.96. The van der Waals surface area contributed by atoms with Gasteiger partial charge in [-0.15, -0.1) is 0 Å². The quantitative estimate of drug-likeness (QED) is 0.722. The van der Waals surface area contributed by atoms with Gasteiger partial charge in [0.1, 0.15) is 0 Å². The summed E-state index contributed by atoms with van der Waals surface area (Å²) in [5.41, 5.74) is 4.69. The molecule has 0 fully saturated rings. The van der Waals surface area contributed by atoms with Crippen molar-refractivity contribution >= 4 is 22.7 Å². The molecule has 1 aliphatic heterocycles. The van der Waals surface area contributed by atoms with Crippen LogP contribution >= 0.6 is 0 Å². The number of benzene rings is 2. The molecule has 0 spiro atoms. The van der Waals surface area contributed by atoms with Gasteiger partial charge in [0.25, 0.3) is 0 Å². The average Bonchev–Trinajstić information content (AvgIpc) is 3.13. The standard InChI is InChI=1S/C21H20N4O/c1-14(2)21(26)25-20(13-18(24-25)15-6-4-3-5-7-15)16-8-9-17-19(12-16)23-11-10-22-17/h3-12,14,20H,13H2,1-2H3. The molecule has 3 aromatic rings. The Morgan fingerprint density at radius 2 is 1.77 bits per heavy atom. The Labute approximate surface area is 152 Å². The average molecular weight is 344 g/mol. The molecular weight excluding hydrogens is 324 g/mol. The van der Waals surface area contributed by atoms with E-state index in [9.17, 15) is 4.79 Å². The van der Waals surface area contributed by atoms with Crippen molar-refractivity contribution in [2.75, 3.05) is 0 Å². The molecule has 130 valence electrons. The highest BCUT2D eigenvalue weighted by Gasteiger charge is 2.34. The Bertz CT molecular complexity index is 981. The lowest BCUT2D eigenvalue weighted by atomic mass is 9.97. The maximum absolute atomic E-state index is 12.8. The number of hydrogen-bond donors (Lipinski definition) is 0. The zero-order chi connectivity index (χ0) is 18.1. The molecule has 2 aromatic carbocycles. The van der Waals surface area contributed by atoms with E-state index in [0.29, 0.717) is 6.42 Å². The zero-order valence-electron chi connectivity index (χ0n) is 14.8. The van der Waals surface area contributed by atoms with Crippen LogP contribution in [0.4, 0.5) is 0 Å². The zero-order valence-corrected chi connectivity index (χ0v) is 14.8. The number of fused-ring (bicyclic) bond motifs is 1. The SMILES string of the molecule is CC(C)C(=O)N1N=C(c2ccccc2)CC1c1ccc2nccnc2c1. The lowest BCUT2D eigenvalue weighted by Gasteiger charge is -2.23. The first kappa shape index (κ1) is 16.4. The summed E-state index contributed by atoms with van der Waals surface area (Å²) >= 11 is 0. The van der Waals surface area contributed by atoms with E-state index in [1.165, 1.54) is 0 Å². The van der Waals surface area contributed by atoms with Gasteiger partial charge < -0.3 is 0 Å². The van der Waals surface area contributed by atoms with Gasteiger partial charge in [-0.05, 0) is 23.3 Å². The Kier molecular flexibility index (Phi) is 4.21. The summed E-state index contributed by atoms with van der Waals surface area (Å²) in [7, 11) is 0. The predicted molar refractivity (Wildman–Crippen MR) is 102 cm³/mol. The van der Waals surface area contributed by atoms with Crippen LogP contribution in [-0.4, -0.2) is 26.6 Å². The van der Waals surface area contributed by atoms with E-state index in [0.717, 1.165) is 27.9 Å². The van der Waals surface area contributed by atoms with Crippen LogP contribution in [0.2, 0.25) is 0 Å². The molecule has 0 N–H and O–H groups in total. The Morgan fingerprint density at radius 3 is 2.50 bits per heavy atom. The van der Waals surface area contributed by atoms with Gasteiger partial charge in [0.2, 0.25) is 5.91 Å². The lowest BCUT2D eigenvalue weighted by Crippen LogP contribution is -2.30. The molecule has 26 heavy (non-hydrogen) atoms. The largest absolute Gasteiger partial charge is 0.273 e. The van der Waals surface area contributed by atoms with Gasteiger partial charge in [0, 0.05) is 24.7 Å². The van der Waals surface area contributed by atoms with Crippen molar-refractivity contribution in [1.82, 2.24) is 15.0 Å². The van der Waals surface area contributed by atoms with Crippen LogP contribution in [0.5, 0.6) is 0 Å². The Balaban J connectivity index is 1.74. The van der Waals surface area contributed by atoms with Gasteiger partial charge >= 0.3 is 0 Å². The molecule has 4 rings (SSSR count). The fraction of sp³-hybridized carbons (Fsp3) is 0.238. The highest BCUT2D eigenvalue weighted by atomic mass is 16.2. The van der Waals surface area contributed by atoms with Crippen molar-refractivity contribution in [3.63, 3.8) is 0 Å². The van der Waals surface area contributed by atoms with Gasteiger partial charge in [-0.3, -0.25) is 14.8 Å². The summed E-state index contributed by atoms with van der Waals surface area (Å²) in [6.07, 6.45) is 4.06. The maximum Gasteiger partial charge on any atom is 0.245 e. The van der Waals surface area contributed by atoms with E-state index in [-0.39, 0.29) is 17.9 Å². The second-order valence-corrected chi connectivity index (χ2v) is 6.77. The summed E-state index contributed by atoms with van der Waals surface area (Å²) in [5, 5.41) is 6.33. The molecule has 0 saturated heterocycles.